The van der Waals surface area contributed by atoms with Gasteiger partial charge in [0.1, 0.15) is 0 Å². The molecule has 0 aliphatic heterocycles. The Balaban J connectivity index is 3.15. The first kappa shape index (κ1) is 9.44. The Morgan fingerprint density at radius 1 is 1.70 bits per heavy atom. The van der Waals surface area contributed by atoms with Gasteiger partial charge in [-0.3, -0.25) is 4.79 Å². The van der Waals surface area contributed by atoms with Gasteiger partial charge in [0.25, 0.3) is 0 Å². The van der Waals surface area contributed by atoms with Crippen LogP contribution in [0.5, 0.6) is 0 Å². The molecule has 0 aromatic carbocycles. The van der Waals surface area contributed by atoms with Gasteiger partial charge in [-0.15, -0.1) is 0 Å². The first-order valence-corrected chi connectivity index (χ1v) is 4.13. The maximum Gasteiger partial charge on any atom is 0.220 e. The van der Waals surface area contributed by atoms with E-state index in [0.29, 0.717) is 24.7 Å². The van der Waals surface area contributed by atoms with Gasteiger partial charge in [-0.05, 0) is 0 Å². The van der Waals surface area contributed by atoms with Crippen molar-refractivity contribution >= 4 is 21.8 Å². The van der Waals surface area contributed by atoms with Crippen LogP contribution in [0.15, 0.2) is 0 Å². The standard InChI is InChI=1S/C6H9BrN2O/c7-3-2-6(10)9-5-1-4-8/h1-3,5H2,(H,9,10). The molecule has 1 N–H and O–H groups in total. The summed E-state index contributed by atoms with van der Waals surface area (Å²) in [5.41, 5.74) is 0. The van der Waals surface area contributed by atoms with Gasteiger partial charge in [0, 0.05) is 18.3 Å². The number of carbonyl (C=O) groups is 1. The van der Waals surface area contributed by atoms with Crippen molar-refractivity contribution in [2.24, 2.45) is 0 Å². The minimum absolute atomic E-state index is 0.00729. The fraction of sp³-hybridized carbons (Fsp3) is 0.667. The second-order valence-corrected chi connectivity index (χ2v) is 2.49. The molecule has 0 saturated carbocycles. The molecule has 1 amide bonds. The highest BCUT2D eigenvalue weighted by molar-refractivity contribution is 9.09. The van der Waals surface area contributed by atoms with E-state index in [1.165, 1.54) is 0 Å². The van der Waals surface area contributed by atoms with Crippen molar-refractivity contribution < 1.29 is 4.79 Å². The topological polar surface area (TPSA) is 52.9 Å². The number of rotatable bonds is 4. The van der Waals surface area contributed by atoms with Crippen LogP contribution >= 0.6 is 15.9 Å². The summed E-state index contributed by atoms with van der Waals surface area (Å²) in [7, 11) is 0. The molecule has 0 spiro atoms. The summed E-state index contributed by atoms with van der Waals surface area (Å²) < 4.78 is 0. The van der Waals surface area contributed by atoms with Gasteiger partial charge in [0.05, 0.1) is 12.5 Å². The monoisotopic (exact) mass is 204 g/mol. The lowest BCUT2D eigenvalue weighted by molar-refractivity contribution is -0.120. The second kappa shape index (κ2) is 6.56. The van der Waals surface area contributed by atoms with Gasteiger partial charge in [0.2, 0.25) is 5.91 Å². The Labute approximate surface area is 68.5 Å². The predicted molar refractivity (Wildman–Crippen MR) is 41.7 cm³/mol. The molecule has 0 atom stereocenters. The number of nitrogens with zero attached hydrogens (tertiary/aromatic N) is 1. The zero-order chi connectivity index (χ0) is 7.82. The zero-order valence-corrected chi connectivity index (χ0v) is 7.15. The fourth-order valence-electron chi connectivity index (χ4n) is 0.432. The summed E-state index contributed by atoms with van der Waals surface area (Å²) >= 11 is 3.13. The molecule has 0 rings (SSSR count). The summed E-state index contributed by atoms with van der Waals surface area (Å²) in [4.78, 5) is 10.7. The lowest BCUT2D eigenvalue weighted by Crippen LogP contribution is -2.23. The highest BCUT2D eigenvalue weighted by Crippen LogP contribution is 1.86. The minimum atomic E-state index is -0.00729. The van der Waals surface area contributed by atoms with E-state index in [9.17, 15) is 4.79 Å². The Hall–Kier alpha value is -0.560. The van der Waals surface area contributed by atoms with E-state index in [1.54, 1.807) is 0 Å². The smallest absolute Gasteiger partial charge is 0.220 e. The molecule has 56 valence electrons. The average molecular weight is 205 g/mol. The van der Waals surface area contributed by atoms with Gasteiger partial charge in [-0.1, -0.05) is 15.9 Å². The van der Waals surface area contributed by atoms with Crippen LogP contribution in [0.1, 0.15) is 12.8 Å². The van der Waals surface area contributed by atoms with Gasteiger partial charge in [0.15, 0.2) is 0 Å². The van der Waals surface area contributed by atoms with E-state index >= 15 is 0 Å². The van der Waals surface area contributed by atoms with Gasteiger partial charge in [-0.2, -0.15) is 5.26 Å². The number of nitriles is 1. The normalized spacial score (nSPS) is 8.40. The van der Waals surface area contributed by atoms with Crippen LogP contribution in [0.2, 0.25) is 0 Å². The van der Waals surface area contributed by atoms with Gasteiger partial charge >= 0.3 is 0 Å². The summed E-state index contributed by atoms with van der Waals surface area (Å²) in [6, 6.07) is 1.94. The van der Waals surface area contributed by atoms with Crippen LogP contribution in [0.3, 0.4) is 0 Å². The lowest BCUT2D eigenvalue weighted by Gasteiger charge is -1.97. The molecule has 0 fully saturated rings. The molecule has 0 unspecified atom stereocenters. The van der Waals surface area contributed by atoms with Crippen LogP contribution in [0, 0.1) is 11.3 Å². The molecule has 0 aromatic heterocycles. The summed E-state index contributed by atoms with van der Waals surface area (Å²) in [6.45, 7) is 0.461. The molecule has 0 heterocycles. The predicted octanol–water partition coefficient (Wildman–Crippen LogP) is 0.801. The number of hydrogen-bond donors (Lipinski definition) is 1. The maximum atomic E-state index is 10.7. The van der Waals surface area contributed by atoms with E-state index in [0.717, 1.165) is 0 Å². The summed E-state index contributed by atoms with van der Waals surface area (Å²) in [5, 5.41) is 11.4. The maximum absolute atomic E-state index is 10.7. The number of carbonyl (C=O) groups excluding carboxylic acids is 1. The molecule has 4 heteroatoms. The fourth-order valence-corrected chi connectivity index (χ4v) is 0.792. The van der Waals surface area contributed by atoms with Crippen molar-refractivity contribution in [1.82, 2.24) is 5.32 Å². The first-order valence-electron chi connectivity index (χ1n) is 3.01. The van der Waals surface area contributed by atoms with Crippen LogP contribution in [0.4, 0.5) is 0 Å². The third-order valence-corrected chi connectivity index (χ3v) is 1.28. The minimum Gasteiger partial charge on any atom is -0.355 e. The number of nitrogens with one attached hydrogen (secondary N) is 1. The van der Waals surface area contributed by atoms with E-state index in [-0.39, 0.29) is 5.91 Å². The molecule has 3 nitrogen and oxygen atoms in total. The number of halogens is 1. The molecule has 0 aromatic rings. The highest BCUT2D eigenvalue weighted by atomic mass is 79.9. The number of alkyl halides is 1. The molecular formula is C6H9BrN2O. The SMILES string of the molecule is N#CCCNC(=O)CCBr. The first-order chi connectivity index (χ1) is 4.81. The third-order valence-electron chi connectivity index (χ3n) is 0.881. The molecule has 0 radical (unpaired) electrons. The van der Waals surface area contributed by atoms with E-state index in [4.69, 9.17) is 5.26 Å². The Bertz CT molecular complexity index is 141. The highest BCUT2D eigenvalue weighted by Gasteiger charge is 1.96. The van der Waals surface area contributed by atoms with Crippen LogP contribution in [0.25, 0.3) is 0 Å². The average Bonchev–Trinajstić information content (AvgIpc) is 1.89. The van der Waals surface area contributed by atoms with Crippen LogP contribution < -0.4 is 5.32 Å². The molecule has 0 aliphatic carbocycles. The van der Waals surface area contributed by atoms with Crippen LogP contribution in [-0.4, -0.2) is 17.8 Å². The molecule has 0 bridgehead atoms. The number of amides is 1. The van der Waals surface area contributed by atoms with Crippen molar-refractivity contribution in [3.05, 3.63) is 0 Å². The Morgan fingerprint density at radius 3 is 2.90 bits per heavy atom. The van der Waals surface area contributed by atoms with Gasteiger partial charge < -0.3 is 5.32 Å². The summed E-state index contributed by atoms with van der Waals surface area (Å²) in [5.74, 6) is -0.00729. The Kier molecular flexibility index (Phi) is 6.19. The molecule has 0 saturated heterocycles. The molecule has 10 heavy (non-hydrogen) atoms. The van der Waals surface area contributed by atoms with Crippen molar-refractivity contribution in [2.75, 3.05) is 11.9 Å². The van der Waals surface area contributed by atoms with Crippen molar-refractivity contribution in [1.29, 1.82) is 5.26 Å². The van der Waals surface area contributed by atoms with Crippen molar-refractivity contribution in [3.63, 3.8) is 0 Å². The van der Waals surface area contributed by atoms with Gasteiger partial charge in [-0.25, -0.2) is 0 Å². The summed E-state index contributed by atoms with van der Waals surface area (Å²) in [6.07, 6.45) is 0.861. The Morgan fingerprint density at radius 2 is 2.40 bits per heavy atom. The van der Waals surface area contributed by atoms with Crippen molar-refractivity contribution in [3.8, 4) is 6.07 Å². The second-order valence-electron chi connectivity index (χ2n) is 1.70. The molecule has 0 aliphatic rings. The third kappa shape index (κ3) is 5.57. The largest absolute Gasteiger partial charge is 0.355 e. The quantitative estimate of drug-likeness (QED) is 0.545. The lowest BCUT2D eigenvalue weighted by atomic mass is 10.4. The van der Waals surface area contributed by atoms with E-state index in [2.05, 4.69) is 21.2 Å². The van der Waals surface area contributed by atoms with Crippen LogP contribution in [-0.2, 0) is 4.79 Å². The number of hydrogen-bond acceptors (Lipinski definition) is 2. The van der Waals surface area contributed by atoms with E-state index < -0.39 is 0 Å². The molecular weight excluding hydrogens is 196 g/mol. The zero-order valence-electron chi connectivity index (χ0n) is 5.56. The van der Waals surface area contributed by atoms with E-state index in [1.807, 2.05) is 6.07 Å². The van der Waals surface area contributed by atoms with Crippen molar-refractivity contribution in [2.45, 2.75) is 12.8 Å².